The van der Waals surface area contributed by atoms with Crippen LogP contribution in [0.4, 0.5) is 11.4 Å². The van der Waals surface area contributed by atoms with Gasteiger partial charge in [0.15, 0.2) is 0 Å². The molecule has 1 atom stereocenters. The second kappa shape index (κ2) is 8.30. The van der Waals surface area contributed by atoms with Crippen molar-refractivity contribution in [2.45, 2.75) is 44.0 Å². The third-order valence-electron chi connectivity index (χ3n) is 5.07. The van der Waals surface area contributed by atoms with Crippen molar-refractivity contribution < 1.29 is 18.1 Å². The summed E-state index contributed by atoms with van der Waals surface area (Å²) in [5.41, 5.74) is 1.77. The first-order chi connectivity index (χ1) is 13.7. The number of nitro benzene ring substituents is 1. The molecule has 1 heterocycles. The van der Waals surface area contributed by atoms with Crippen molar-refractivity contribution in [1.29, 1.82) is 0 Å². The molecule has 0 bridgehead atoms. The summed E-state index contributed by atoms with van der Waals surface area (Å²) in [5, 5.41) is 13.7. The predicted molar refractivity (Wildman–Crippen MR) is 109 cm³/mol. The van der Waals surface area contributed by atoms with Crippen LogP contribution in [0.5, 0.6) is 0 Å². The standard InChI is InChI=1S/C20H23N3O5S/c1-14-6-10-17(11-7-14)29(27,28)22-12-4-3-5-19(22)20(24)21-18-13-16(23(25)26)9-8-15(18)2/h6-11,13,19H,3-5,12H2,1-2H3,(H,21,24). The minimum absolute atomic E-state index is 0.140. The molecule has 3 rings (SSSR count). The van der Waals surface area contributed by atoms with Crippen LogP contribution in [0, 0.1) is 24.0 Å². The summed E-state index contributed by atoms with van der Waals surface area (Å²) < 4.78 is 27.5. The predicted octanol–water partition coefficient (Wildman–Crippen LogP) is 3.39. The molecule has 2 aromatic carbocycles. The lowest BCUT2D eigenvalue weighted by Crippen LogP contribution is -2.49. The average molecular weight is 417 g/mol. The Morgan fingerprint density at radius 1 is 1.14 bits per heavy atom. The van der Waals surface area contributed by atoms with E-state index in [4.69, 9.17) is 0 Å². The van der Waals surface area contributed by atoms with E-state index in [0.717, 1.165) is 12.0 Å². The maximum atomic E-state index is 13.1. The van der Waals surface area contributed by atoms with Crippen molar-refractivity contribution in [2.75, 3.05) is 11.9 Å². The van der Waals surface area contributed by atoms with Crippen molar-refractivity contribution in [3.63, 3.8) is 0 Å². The van der Waals surface area contributed by atoms with E-state index in [2.05, 4.69) is 5.32 Å². The van der Waals surface area contributed by atoms with Gasteiger partial charge in [0.05, 0.1) is 15.5 Å². The molecule has 1 N–H and O–H groups in total. The Morgan fingerprint density at radius 2 is 1.83 bits per heavy atom. The van der Waals surface area contributed by atoms with E-state index in [0.29, 0.717) is 24.1 Å². The maximum Gasteiger partial charge on any atom is 0.271 e. The van der Waals surface area contributed by atoms with Gasteiger partial charge in [-0.15, -0.1) is 0 Å². The van der Waals surface area contributed by atoms with Crippen molar-refractivity contribution in [3.05, 3.63) is 63.7 Å². The van der Waals surface area contributed by atoms with Crippen molar-refractivity contribution in [3.8, 4) is 0 Å². The highest BCUT2D eigenvalue weighted by molar-refractivity contribution is 7.89. The molecule has 29 heavy (non-hydrogen) atoms. The van der Waals surface area contributed by atoms with Gasteiger partial charge in [0.1, 0.15) is 6.04 Å². The molecular formula is C20H23N3O5S. The van der Waals surface area contributed by atoms with Crippen LogP contribution < -0.4 is 5.32 Å². The van der Waals surface area contributed by atoms with Gasteiger partial charge >= 0.3 is 0 Å². The van der Waals surface area contributed by atoms with E-state index < -0.39 is 26.9 Å². The lowest BCUT2D eigenvalue weighted by atomic mass is 10.0. The molecule has 154 valence electrons. The molecule has 2 aromatic rings. The number of piperidine rings is 1. The Bertz CT molecular complexity index is 1030. The van der Waals surface area contributed by atoms with Gasteiger partial charge in [-0.05, 0) is 44.4 Å². The quantitative estimate of drug-likeness (QED) is 0.592. The van der Waals surface area contributed by atoms with E-state index in [1.54, 1.807) is 37.3 Å². The Kier molecular flexibility index (Phi) is 5.99. The third-order valence-corrected chi connectivity index (χ3v) is 7.00. The zero-order chi connectivity index (χ0) is 21.2. The molecule has 0 radical (unpaired) electrons. The zero-order valence-electron chi connectivity index (χ0n) is 16.3. The van der Waals surface area contributed by atoms with E-state index in [-0.39, 0.29) is 17.1 Å². The number of benzene rings is 2. The number of nitrogens with zero attached hydrogens (tertiary/aromatic N) is 2. The zero-order valence-corrected chi connectivity index (χ0v) is 17.1. The van der Waals surface area contributed by atoms with Crippen LogP contribution in [0.2, 0.25) is 0 Å². The van der Waals surface area contributed by atoms with Crippen molar-refractivity contribution >= 4 is 27.3 Å². The van der Waals surface area contributed by atoms with Crippen LogP contribution in [-0.4, -0.2) is 36.1 Å². The first kappa shape index (κ1) is 20.9. The number of non-ortho nitro benzene ring substituents is 1. The van der Waals surface area contributed by atoms with Crippen LogP contribution in [-0.2, 0) is 14.8 Å². The van der Waals surface area contributed by atoms with Crippen LogP contribution in [0.1, 0.15) is 30.4 Å². The van der Waals surface area contributed by atoms with Gasteiger partial charge in [-0.2, -0.15) is 4.31 Å². The van der Waals surface area contributed by atoms with Gasteiger partial charge in [0.25, 0.3) is 5.69 Å². The highest BCUT2D eigenvalue weighted by Gasteiger charge is 2.37. The summed E-state index contributed by atoms with van der Waals surface area (Å²) in [6, 6.07) is 9.85. The number of nitro groups is 1. The first-order valence-electron chi connectivity index (χ1n) is 9.34. The molecule has 1 fully saturated rings. The largest absolute Gasteiger partial charge is 0.324 e. The molecular weight excluding hydrogens is 394 g/mol. The molecule has 1 amide bonds. The van der Waals surface area contributed by atoms with E-state index in [9.17, 15) is 23.3 Å². The monoisotopic (exact) mass is 417 g/mol. The number of carbonyl (C=O) groups excluding carboxylic acids is 1. The van der Waals surface area contributed by atoms with Crippen LogP contribution in [0.15, 0.2) is 47.4 Å². The van der Waals surface area contributed by atoms with Crippen molar-refractivity contribution in [2.24, 2.45) is 0 Å². The normalized spacial score (nSPS) is 17.7. The molecule has 0 spiro atoms. The number of hydrogen-bond donors (Lipinski definition) is 1. The van der Waals surface area contributed by atoms with Gasteiger partial charge in [0.2, 0.25) is 15.9 Å². The Hall–Kier alpha value is -2.78. The average Bonchev–Trinajstić information content (AvgIpc) is 2.69. The fourth-order valence-electron chi connectivity index (χ4n) is 3.37. The van der Waals surface area contributed by atoms with Gasteiger partial charge in [-0.25, -0.2) is 8.42 Å². The molecule has 1 unspecified atom stereocenters. The minimum atomic E-state index is -3.83. The van der Waals surface area contributed by atoms with Gasteiger partial charge in [-0.3, -0.25) is 14.9 Å². The minimum Gasteiger partial charge on any atom is -0.324 e. The van der Waals surface area contributed by atoms with E-state index in [1.165, 1.54) is 16.4 Å². The molecule has 0 saturated carbocycles. The van der Waals surface area contributed by atoms with Crippen LogP contribution in [0.3, 0.4) is 0 Å². The second-order valence-electron chi connectivity index (χ2n) is 7.19. The Balaban J connectivity index is 1.88. The maximum absolute atomic E-state index is 13.1. The van der Waals surface area contributed by atoms with Crippen LogP contribution >= 0.6 is 0 Å². The van der Waals surface area contributed by atoms with Crippen molar-refractivity contribution in [1.82, 2.24) is 4.31 Å². The summed E-state index contributed by atoms with van der Waals surface area (Å²) in [4.78, 5) is 23.6. The second-order valence-corrected chi connectivity index (χ2v) is 9.08. The molecule has 1 aliphatic rings. The number of sulfonamides is 1. The first-order valence-corrected chi connectivity index (χ1v) is 10.8. The van der Waals surface area contributed by atoms with Crippen LogP contribution in [0.25, 0.3) is 0 Å². The number of nitrogens with one attached hydrogen (secondary N) is 1. The molecule has 9 heteroatoms. The highest BCUT2D eigenvalue weighted by atomic mass is 32.2. The van der Waals surface area contributed by atoms with Gasteiger partial charge in [0, 0.05) is 18.7 Å². The molecule has 1 saturated heterocycles. The Morgan fingerprint density at radius 3 is 2.48 bits per heavy atom. The summed E-state index contributed by atoms with van der Waals surface area (Å²) in [6.07, 6.45) is 1.79. The fraction of sp³-hybridized carbons (Fsp3) is 0.350. The number of aryl methyl sites for hydroxylation is 2. The summed E-state index contributed by atoms with van der Waals surface area (Å²) >= 11 is 0. The molecule has 0 aliphatic carbocycles. The summed E-state index contributed by atoms with van der Waals surface area (Å²) in [5.74, 6) is -0.482. The Labute approximate surface area is 169 Å². The number of rotatable bonds is 5. The summed E-state index contributed by atoms with van der Waals surface area (Å²) in [6.45, 7) is 3.85. The lowest BCUT2D eigenvalue weighted by Gasteiger charge is -2.33. The number of amides is 1. The molecule has 8 nitrogen and oxygen atoms in total. The molecule has 1 aliphatic heterocycles. The fourth-order valence-corrected chi connectivity index (χ4v) is 5.03. The smallest absolute Gasteiger partial charge is 0.271 e. The topological polar surface area (TPSA) is 110 Å². The summed E-state index contributed by atoms with van der Waals surface area (Å²) in [7, 11) is -3.83. The number of carbonyl (C=O) groups is 1. The van der Waals surface area contributed by atoms with Gasteiger partial charge < -0.3 is 5.32 Å². The van der Waals surface area contributed by atoms with E-state index >= 15 is 0 Å². The number of anilines is 1. The third kappa shape index (κ3) is 4.46. The molecule has 0 aromatic heterocycles. The lowest BCUT2D eigenvalue weighted by molar-refractivity contribution is -0.384. The van der Waals surface area contributed by atoms with E-state index in [1.807, 2.05) is 6.92 Å². The van der Waals surface area contributed by atoms with Gasteiger partial charge in [-0.1, -0.05) is 30.2 Å². The SMILES string of the molecule is Cc1ccc(S(=O)(=O)N2CCCCC2C(=O)Nc2cc([N+](=O)[O-])ccc2C)cc1. The number of hydrogen-bond acceptors (Lipinski definition) is 5. The highest BCUT2D eigenvalue weighted by Crippen LogP contribution is 2.28.